The molecule has 0 aromatic heterocycles. The maximum Gasteiger partial charge on any atom is 0.407 e. The summed E-state index contributed by atoms with van der Waals surface area (Å²) >= 11 is 0. The minimum absolute atomic E-state index is 0.0716. The largest absolute Gasteiger partial charge is 0.457 e. The third kappa shape index (κ3) is 11.7. The lowest BCUT2D eigenvalue weighted by Gasteiger charge is -2.46. The predicted molar refractivity (Wildman–Crippen MR) is 251 cm³/mol. The molecule has 4 aromatic carbocycles. The van der Waals surface area contributed by atoms with Crippen LogP contribution < -0.4 is 9.47 Å². The molecule has 4 aromatic rings. The number of rotatable bonds is 15. The molecule has 0 aliphatic heterocycles. The molecule has 0 radical (unpaired) electrons. The van der Waals surface area contributed by atoms with Crippen molar-refractivity contribution in [3.8, 4) is 23.0 Å². The normalized spacial score (nSPS) is 24.2. The van der Waals surface area contributed by atoms with Gasteiger partial charge in [0.1, 0.15) is 23.0 Å². The fourth-order valence-corrected chi connectivity index (χ4v) is 12.1. The second-order valence-electron chi connectivity index (χ2n) is 19.4. The molecular weight excluding hydrogens is 903 g/mol. The molecule has 0 N–H and O–H groups in total. The highest BCUT2D eigenvalue weighted by Gasteiger charge is 2.74. The Morgan fingerprint density at radius 3 is 1.49 bits per heavy atom. The number of benzene rings is 4. The van der Waals surface area contributed by atoms with Gasteiger partial charge in [0.15, 0.2) is 5.41 Å². The van der Waals surface area contributed by atoms with Crippen LogP contribution in [0.2, 0.25) is 0 Å². The quantitative estimate of drug-likeness (QED) is 0.0873. The van der Waals surface area contributed by atoms with Crippen molar-refractivity contribution in [2.45, 2.75) is 164 Å². The predicted octanol–water partition coefficient (Wildman–Crippen LogP) is 15.4. The first kappa shape index (κ1) is 49.8. The van der Waals surface area contributed by atoms with Crippen LogP contribution >= 0.6 is 0 Å². The molecule has 4 aliphatic carbocycles. The van der Waals surface area contributed by atoms with E-state index in [1.165, 1.54) is 30.5 Å². The molecule has 0 spiro atoms. The van der Waals surface area contributed by atoms with Gasteiger partial charge in [0.25, 0.3) is 0 Å². The van der Waals surface area contributed by atoms with E-state index in [0.717, 1.165) is 67.7 Å². The van der Waals surface area contributed by atoms with Gasteiger partial charge in [0, 0.05) is 4.91 Å². The molecule has 2 saturated carbocycles. The third-order valence-corrected chi connectivity index (χ3v) is 16.6. The van der Waals surface area contributed by atoms with Crippen molar-refractivity contribution in [1.29, 1.82) is 0 Å². The van der Waals surface area contributed by atoms with Crippen molar-refractivity contribution < 1.29 is 53.7 Å². The molecule has 13 heteroatoms. The number of hydrogen-bond donors (Lipinski definition) is 0. The zero-order valence-corrected chi connectivity index (χ0v) is 39.6. The Bertz CT molecular complexity index is 2430. The summed E-state index contributed by atoms with van der Waals surface area (Å²) in [5, 5.41) is 0. The molecule has 0 heterocycles. The van der Waals surface area contributed by atoms with Crippen LogP contribution in [0, 0.1) is 18.8 Å². The fraction of sp³-hybridized carbons (Fsp3) is 0.491. The number of alkyl halides is 6. The lowest BCUT2D eigenvalue weighted by molar-refractivity contribution is -0.322. The van der Waals surface area contributed by atoms with Gasteiger partial charge in [0.05, 0.1) is 29.3 Å². The van der Waals surface area contributed by atoms with Gasteiger partial charge in [-0.1, -0.05) is 66.6 Å². The Hall–Kier alpha value is -4.59. The third-order valence-electron chi connectivity index (χ3n) is 14.6. The van der Waals surface area contributed by atoms with E-state index < -0.39 is 45.2 Å². The van der Waals surface area contributed by atoms with Crippen LogP contribution in [0.4, 0.5) is 26.3 Å². The van der Waals surface area contributed by atoms with Crippen molar-refractivity contribution in [3.63, 3.8) is 0 Å². The van der Waals surface area contributed by atoms with E-state index in [1.54, 1.807) is 48.5 Å². The van der Waals surface area contributed by atoms with Crippen LogP contribution in [0.5, 0.6) is 23.0 Å². The average molecular weight is 965 g/mol. The van der Waals surface area contributed by atoms with Gasteiger partial charge in [0.2, 0.25) is 9.84 Å². The summed E-state index contributed by atoms with van der Waals surface area (Å²) in [7, 11) is -3.60. The first-order valence-electron chi connectivity index (χ1n) is 24.2. The number of aryl methyl sites for hydroxylation is 2. The standard InChI is InChI=1S/C55H62F6O6S/c1-37-3-17-43(18-4-37)64-47-25-13-41(14-26-47)53(54(56,57)58,55(59,60)61)42-15-27-48(28-16-42)66-45-21-9-39(10-22-45)7-8-40-11-23-46(24-12-40)67-50-31-35-52(36-32-50)68(62,63)51-33-29-49(30-34-51)65-44-19-5-38(2)6-20-44/h3-4,9,11-14,17-18,23-26,31-33,35-36,38,42,44-45,48-49H,5-8,10,15-16,19-22,27-30,34H2,1-2H3. The molecule has 2 fully saturated rings. The molecule has 68 heavy (non-hydrogen) atoms. The van der Waals surface area contributed by atoms with Crippen molar-refractivity contribution in [2.24, 2.45) is 11.8 Å². The number of hydrogen-bond acceptors (Lipinski definition) is 6. The van der Waals surface area contributed by atoms with E-state index in [9.17, 15) is 34.8 Å². The summed E-state index contributed by atoms with van der Waals surface area (Å²) < 4.78 is 141. The van der Waals surface area contributed by atoms with E-state index in [0.29, 0.717) is 47.8 Å². The number of ether oxygens (including phenoxy) is 4. The molecule has 8 rings (SSSR count). The van der Waals surface area contributed by atoms with Gasteiger partial charge in [-0.25, -0.2) is 8.42 Å². The molecular formula is C55H62F6O6S. The Morgan fingerprint density at radius 2 is 1.00 bits per heavy atom. The minimum atomic E-state index is -5.58. The first-order chi connectivity index (χ1) is 32.5. The molecule has 366 valence electrons. The van der Waals surface area contributed by atoms with E-state index in [-0.39, 0.29) is 54.6 Å². The van der Waals surface area contributed by atoms with Crippen LogP contribution in [0.25, 0.3) is 0 Å². The smallest absolute Gasteiger partial charge is 0.407 e. The van der Waals surface area contributed by atoms with E-state index in [4.69, 9.17) is 18.9 Å². The van der Waals surface area contributed by atoms with Gasteiger partial charge in [-0.3, -0.25) is 0 Å². The monoisotopic (exact) mass is 964 g/mol. The summed E-state index contributed by atoms with van der Waals surface area (Å²) in [6.07, 6.45) is 2.46. The summed E-state index contributed by atoms with van der Waals surface area (Å²) in [6, 6.07) is 25.4. The molecule has 2 atom stereocenters. The van der Waals surface area contributed by atoms with Gasteiger partial charge in [-0.15, -0.1) is 0 Å². The van der Waals surface area contributed by atoms with Crippen LogP contribution in [0.15, 0.2) is 125 Å². The zero-order chi connectivity index (χ0) is 48.1. The second-order valence-corrected chi connectivity index (χ2v) is 21.4. The summed E-state index contributed by atoms with van der Waals surface area (Å²) in [4.78, 5) is 0.694. The maximum absolute atomic E-state index is 14.9. The lowest BCUT2D eigenvalue weighted by Crippen LogP contribution is -2.59. The summed E-state index contributed by atoms with van der Waals surface area (Å²) in [5.74, 6) is 0.785. The van der Waals surface area contributed by atoms with Crippen LogP contribution in [-0.2, 0) is 31.1 Å². The molecule has 0 bridgehead atoms. The van der Waals surface area contributed by atoms with Gasteiger partial charge >= 0.3 is 12.4 Å². The zero-order valence-electron chi connectivity index (χ0n) is 38.8. The number of allylic oxidation sites excluding steroid dienone is 2. The van der Waals surface area contributed by atoms with Crippen molar-refractivity contribution in [1.82, 2.24) is 0 Å². The van der Waals surface area contributed by atoms with Crippen molar-refractivity contribution in [2.75, 3.05) is 0 Å². The number of halogens is 6. The molecule has 6 nitrogen and oxygen atoms in total. The maximum atomic E-state index is 14.9. The van der Waals surface area contributed by atoms with Crippen LogP contribution in [0.3, 0.4) is 0 Å². The second kappa shape index (κ2) is 21.2. The fourth-order valence-electron chi connectivity index (χ4n) is 10.6. The summed E-state index contributed by atoms with van der Waals surface area (Å²) in [5.41, 5.74) is -1.47. The van der Waals surface area contributed by atoms with Gasteiger partial charge < -0.3 is 18.9 Å². The highest BCUT2D eigenvalue weighted by Crippen LogP contribution is 2.60. The van der Waals surface area contributed by atoms with Gasteiger partial charge in [-0.05, 0) is 193 Å². The Labute approximate surface area is 397 Å². The molecule has 2 unspecified atom stereocenters. The summed E-state index contributed by atoms with van der Waals surface area (Å²) in [6.45, 7) is 4.17. The van der Waals surface area contributed by atoms with Crippen molar-refractivity contribution >= 4 is 9.84 Å². The highest BCUT2D eigenvalue weighted by atomic mass is 32.2. The van der Waals surface area contributed by atoms with E-state index >= 15 is 0 Å². The number of sulfone groups is 1. The first-order valence-corrected chi connectivity index (χ1v) is 25.7. The SMILES string of the molecule is Cc1ccc(Oc2ccc(C(C3CCC(OC4CC=C(CCc5ccc(Oc6ccc(S(=O)(=O)C7=CCC(OC8CCC(C)CC8)CC7)cc6)cc5)CC4)CC3)(C(F)(F)F)C(F)(F)F)cc2)cc1. The Kier molecular flexibility index (Phi) is 15.5. The molecule has 0 saturated heterocycles. The molecule has 0 amide bonds. The Morgan fingerprint density at radius 1 is 0.529 bits per heavy atom. The van der Waals surface area contributed by atoms with Crippen LogP contribution in [0.1, 0.15) is 120 Å². The molecule has 4 aliphatic rings. The van der Waals surface area contributed by atoms with E-state index in [2.05, 4.69) is 13.0 Å². The minimum Gasteiger partial charge on any atom is -0.457 e. The van der Waals surface area contributed by atoms with Gasteiger partial charge in [-0.2, -0.15) is 26.3 Å². The lowest BCUT2D eigenvalue weighted by atomic mass is 9.63. The highest BCUT2D eigenvalue weighted by molar-refractivity contribution is 7.95. The van der Waals surface area contributed by atoms with Crippen LogP contribution in [-0.4, -0.2) is 45.2 Å². The van der Waals surface area contributed by atoms with Crippen molar-refractivity contribution in [3.05, 3.63) is 136 Å². The van der Waals surface area contributed by atoms with E-state index in [1.807, 2.05) is 37.3 Å². The average Bonchev–Trinajstić information content (AvgIpc) is 3.31. The Balaban J connectivity index is 0.781. The topological polar surface area (TPSA) is 71.1 Å².